The topological polar surface area (TPSA) is 43.5 Å². The molecule has 2 unspecified atom stereocenters. The van der Waals surface area contributed by atoms with Gasteiger partial charge in [-0.3, -0.25) is 0 Å². The summed E-state index contributed by atoms with van der Waals surface area (Å²) in [6.45, 7) is 1.49. The summed E-state index contributed by atoms with van der Waals surface area (Å²) in [6.07, 6.45) is 4.39. The summed E-state index contributed by atoms with van der Waals surface area (Å²) in [4.78, 5) is 3.66. The quantitative estimate of drug-likeness (QED) is 0.878. The Hall–Kier alpha value is -1.52. The SMILES string of the molecule is COc1ccc2[nH]c3c(c2c1)CC1CC3CCC12OCCO2. The minimum absolute atomic E-state index is 0.309. The number of aromatic nitrogens is 1. The van der Waals surface area contributed by atoms with Crippen molar-refractivity contribution in [3.05, 3.63) is 29.5 Å². The van der Waals surface area contributed by atoms with Crippen LogP contribution >= 0.6 is 0 Å². The van der Waals surface area contributed by atoms with Crippen LogP contribution in [0.1, 0.15) is 36.4 Å². The van der Waals surface area contributed by atoms with E-state index in [2.05, 4.69) is 17.1 Å². The van der Waals surface area contributed by atoms with E-state index >= 15 is 0 Å². The Morgan fingerprint density at radius 1 is 1.27 bits per heavy atom. The van der Waals surface area contributed by atoms with E-state index in [0.717, 1.165) is 38.2 Å². The Bertz CT molecular complexity index is 729. The fourth-order valence-corrected chi connectivity index (χ4v) is 4.76. The number of rotatable bonds is 1. The van der Waals surface area contributed by atoms with E-state index in [9.17, 15) is 0 Å². The summed E-state index contributed by atoms with van der Waals surface area (Å²) < 4.78 is 17.5. The molecule has 0 amide bonds. The van der Waals surface area contributed by atoms with E-state index in [4.69, 9.17) is 14.2 Å². The maximum atomic E-state index is 6.06. The lowest BCUT2D eigenvalue weighted by molar-refractivity contribution is -0.216. The minimum atomic E-state index is -0.309. The number of methoxy groups -OCH3 is 1. The first-order valence-electron chi connectivity index (χ1n) is 8.25. The predicted molar refractivity (Wildman–Crippen MR) is 83.3 cm³/mol. The summed E-state index contributed by atoms with van der Waals surface area (Å²) in [5, 5.41) is 1.30. The van der Waals surface area contributed by atoms with E-state index in [-0.39, 0.29) is 5.79 Å². The Labute approximate surface area is 129 Å². The molecule has 2 aliphatic carbocycles. The lowest BCUT2D eigenvalue weighted by Crippen LogP contribution is -2.46. The van der Waals surface area contributed by atoms with Crippen LogP contribution in [0.2, 0.25) is 0 Å². The Morgan fingerprint density at radius 2 is 2.14 bits per heavy atom. The van der Waals surface area contributed by atoms with E-state index in [0.29, 0.717) is 11.8 Å². The number of hydrogen-bond acceptors (Lipinski definition) is 3. The van der Waals surface area contributed by atoms with E-state index in [1.165, 1.54) is 28.6 Å². The van der Waals surface area contributed by atoms with Crippen LogP contribution in [0.3, 0.4) is 0 Å². The van der Waals surface area contributed by atoms with Gasteiger partial charge < -0.3 is 19.2 Å². The first-order chi connectivity index (χ1) is 10.8. The molecule has 2 heterocycles. The number of H-pyrrole nitrogens is 1. The van der Waals surface area contributed by atoms with Crippen molar-refractivity contribution >= 4 is 10.9 Å². The van der Waals surface area contributed by atoms with Crippen molar-refractivity contribution in [2.45, 2.75) is 37.4 Å². The van der Waals surface area contributed by atoms with E-state index < -0.39 is 0 Å². The second-order valence-electron chi connectivity index (χ2n) is 6.81. The van der Waals surface area contributed by atoms with Gasteiger partial charge in [0.25, 0.3) is 0 Å². The summed E-state index contributed by atoms with van der Waals surface area (Å²) >= 11 is 0. The fourth-order valence-electron chi connectivity index (χ4n) is 4.76. The molecule has 116 valence electrons. The number of hydrogen-bond donors (Lipinski definition) is 1. The third-order valence-electron chi connectivity index (χ3n) is 5.81. The predicted octanol–water partition coefficient (Wildman–Crippen LogP) is 3.36. The van der Waals surface area contributed by atoms with Gasteiger partial charge in [-0.15, -0.1) is 0 Å². The highest BCUT2D eigenvalue weighted by Crippen LogP contribution is 2.52. The molecule has 2 fully saturated rings. The van der Waals surface area contributed by atoms with Gasteiger partial charge in [-0.25, -0.2) is 0 Å². The molecule has 2 bridgehead atoms. The molecule has 1 aromatic carbocycles. The molecule has 2 aromatic rings. The van der Waals surface area contributed by atoms with Gasteiger partial charge in [0.2, 0.25) is 0 Å². The highest BCUT2D eigenvalue weighted by Gasteiger charge is 2.51. The lowest BCUT2D eigenvalue weighted by atomic mass is 9.68. The Balaban J connectivity index is 1.63. The average molecular weight is 299 g/mol. The molecule has 3 aliphatic rings. The molecule has 0 radical (unpaired) electrons. The highest BCUT2D eigenvalue weighted by atomic mass is 16.7. The molecule has 2 atom stereocenters. The van der Waals surface area contributed by atoms with Crippen LogP contribution < -0.4 is 4.74 Å². The number of ether oxygens (including phenoxy) is 3. The van der Waals surface area contributed by atoms with Crippen LogP contribution in [0.15, 0.2) is 18.2 Å². The maximum Gasteiger partial charge on any atom is 0.171 e. The molecule has 22 heavy (non-hydrogen) atoms. The molecule has 5 rings (SSSR count). The summed E-state index contributed by atoms with van der Waals surface area (Å²) in [5.74, 6) is 1.71. The molecule has 1 saturated carbocycles. The third kappa shape index (κ3) is 1.65. The second-order valence-corrected chi connectivity index (χ2v) is 6.81. The molecular weight excluding hydrogens is 278 g/mol. The standard InChI is InChI=1S/C18H21NO3/c1-20-13-2-3-16-14(10-13)15-9-12-8-11(17(15)19-16)4-5-18(12)21-6-7-22-18/h2-3,10-12,19H,4-9H2,1H3. The van der Waals surface area contributed by atoms with Crippen molar-refractivity contribution in [1.29, 1.82) is 0 Å². The summed E-state index contributed by atoms with van der Waals surface area (Å²) in [5.41, 5.74) is 4.11. The van der Waals surface area contributed by atoms with Gasteiger partial charge in [0.15, 0.2) is 5.79 Å². The van der Waals surface area contributed by atoms with Crippen molar-refractivity contribution in [3.63, 3.8) is 0 Å². The van der Waals surface area contributed by atoms with Crippen molar-refractivity contribution in [1.82, 2.24) is 4.98 Å². The van der Waals surface area contributed by atoms with Crippen LogP contribution in [-0.2, 0) is 15.9 Å². The van der Waals surface area contributed by atoms with Gasteiger partial charge in [-0.1, -0.05) is 0 Å². The molecule has 1 spiro atoms. The van der Waals surface area contributed by atoms with Gasteiger partial charge in [0.05, 0.1) is 20.3 Å². The number of aromatic amines is 1. The lowest BCUT2D eigenvalue weighted by Gasteiger charge is -2.45. The number of benzene rings is 1. The van der Waals surface area contributed by atoms with Crippen LogP contribution in [-0.4, -0.2) is 31.1 Å². The van der Waals surface area contributed by atoms with Crippen LogP contribution in [0.5, 0.6) is 5.75 Å². The van der Waals surface area contributed by atoms with Crippen molar-refractivity contribution in [2.24, 2.45) is 5.92 Å². The molecule has 4 heteroatoms. The average Bonchev–Trinajstić information content (AvgIpc) is 3.16. The first-order valence-corrected chi connectivity index (χ1v) is 8.25. The van der Waals surface area contributed by atoms with Gasteiger partial charge in [-0.2, -0.15) is 0 Å². The van der Waals surface area contributed by atoms with Gasteiger partial charge >= 0.3 is 0 Å². The number of nitrogens with one attached hydrogen (secondary N) is 1. The fraction of sp³-hybridized carbons (Fsp3) is 0.556. The van der Waals surface area contributed by atoms with Gasteiger partial charge in [0.1, 0.15) is 5.75 Å². The van der Waals surface area contributed by atoms with Gasteiger partial charge in [0, 0.05) is 28.9 Å². The zero-order valence-corrected chi connectivity index (χ0v) is 12.9. The van der Waals surface area contributed by atoms with Crippen LogP contribution in [0.25, 0.3) is 10.9 Å². The zero-order valence-electron chi connectivity index (χ0n) is 12.9. The molecule has 4 nitrogen and oxygen atoms in total. The van der Waals surface area contributed by atoms with Crippen molar-refractivity contribution in [3.8, 4) is 5.75 Å². The number of fused-ring (bicyclic) bond motifs is 7. The normalized spacial score (nSPS) is 29.0. The second kappa shape index (κ2) is 4.49. The van der Waals surface area contributed by atoms with Gasteiger partial charge in [-0.05, 0) is 48.9 Å². The maximum absolute atomic E-state index is 6.06. The third-order valence-corrected chi connectivity index (χ3v) is 5.81. The molecular formula is C18H21NO3. The summed E-state index contributed by atoms with van der Waals surface area (Å²) in [6, 6.07) is 6.32. The molecule has 1 N–H and O–H groups in total. The Morgan fingerprint density at radius 3 is 2.95 bits per heavy atom. The largest absolute Gasteiger partial charge is 0.497 e. The van der Waals surface area contributed by atoms with E-state index in [1.54, 1.807) is 7.11 Å². The van der Waals surface area contributed by atoms with Crippen LogP contribution in [0.4, 0.5) is 0 Å². The first kappa shape index (κ1) is 13.0. The molecule has 1 saturated heterocycles. The molecule has 1 aliphatic heterocycles. The van der Waals surface area contributed by atoms with Crippen molar-refractivity contribution in [2.75, 3.05) is 20.3 Å². The minimum Gasteiger partial charge on any atom is -0.497 e. The molecule has 1 aromatic heterocycles. The zero-order chi connectivity index (χ0) is 14.7. The van der Waals surface area contributed by atoms with E-state index in [1.807, 2.05) is 6.07 Å². The monoisotopic (exact) mass is 299 g/mol. The summed E-state index contributed by atoms with van der Waals surface area (Å²) in [7, 11) is 1.73. The van der Waals surface area contributed by atoms with Crippen LogP contribution in [0, 0.1) is 5.92 Å². The van der Waals surface area contributed by atoms with Crippen molar-refractivity contribution < 1.29 is 14.2 Å². The Kier molecular flexibility index (Phi) is 2.65. The smallest absolute Gasteiger partial charge is 0.171 e. The highest BCUT2D eigenvalue weighted by molar-refractivity contribution is 5.86.